The van der Waals surface area contributed by atoms with Gasteiger partial charge in [0.25, 0.3) is 0 Å². The Morgan fingerprint density at radius 1 is 0.841 bits per heavy atom. The van der Waals surface area contributed by atoms with Gasteiger partial charge in [-0.05, 0) is 95.7 Å². The van der Waals surface area contributed by atoms with Gasteiger partial charge in [-0.1, -0.05) is 74.7 Å². The Hall–Kier alpha value is -0.320. The van der Waals surface area contributed by atoms with Gasteiger partial charge < -0.3 is 40.1 Å². The third kappa shape index (κ3) is 5.34. The predicted octanol–water partition coefficient (Wildman–Crippen LogP) is 4.26. The monoisotopic (exact) mass is 624 g/mol. The number of hydrogen-bond donors (Lipinski definition) is 6. The lowest BCUT2D eigenvalue weighted by Crippen LogP contribution is -2.70. The lowest BCUT2D eigenvalue weighted by atomic mass is 9.34. The summed E-state index contributed by atoms with van der Waals surface area (Å²) < 4.78 is 12.7. The Morgan fingerprint density at radius 3 is 2.16 bits per heavy atom. The summed E-state index contributed by atoms with van der Waals surface area (Å²) in [5, 5.41) is 65.3. The minimum atomic E-state index is -1.51. The Morgan fingerprint density at radius 2 is 1.52 bits per heavy atom. The van der Waals surface area contributed by atoms with E-state index >= 15 is 0 Å². The molecule has 5 fully saturated rings. The van der Waals surface area contributed by atoms with E-state index in [4.69, 9.17) is 9.47 Å². The average molecular weight is 625 g/mol. The largest absolute Gasteiger partial charge is 0.394 e. The van der Waals surface area contributed by atoms with Crippen molar-refractivity contribution in [3.63, 3.8) is 0 Å². The highest BCUT2D eigenvalue weighted by Crippen LogP contribution is 2.76. The second kappa shape index (κ2) is 12.3. The zero-order valence-electron chi connectivity index (χ0n) is 28.7. The Balaban J connectivity index is 1.51. The highest BCUT2D eigenvalue weighted by Gasteiger charge is 2.73. The third-order valence-electron chi connectivity index (χ3n) is 14.6. The summed E-state index contributed by atoms with van der Waals surface area (Å²) in [6.07, 6.45) is 0.796. The smallest absolute Gasteiger partial charge is 0.186 e. The lowest BCUT2D eigenvalue weighted by molar-refractivity contribution is -0.346. The highest BCUT2D eigenvalue weighted by molar-refractivity contribution is 5.21. The molecule has 1 saturated heterocycles. The first-order chi connectivity index (χ1) is 20.4. The molecule has 8 heteroatoms. The summed E-state index contributed by atoms with van der Waals surface area (Å²) in [6, 6.07) is 0. The summed E-state index contributed by atoms with van der Waals surface area (Å²) in [7, 11) is 0. The summed E-state index contributed by atoms with van der Waals surface area (Å²) in [5.41, 5.74) is -1.04. The molecule has 5 rings (SSSR count). The Kier molecular flexibility index (Phi) is 9.77. The van der Waals surface area contributed by atoms with E-state index in [1.807, 2.05) is 0 Å². The van der Waals surface area contributed by atoms with Crippen LogP contribution >= 0.6 is 0 Å². The van der Waals surface area contributed by atoms with E-state index in [9.17, 15) is 30.6 Å². The van der Waals surface area contributed by atoms with Crippen LogP contribution in [-0.2, 0) is 9.47 Å². The molecule has 4 saturated carbocycles. The van der Waals surface area contributed by atoms with Gasteiger partial charge in [0, 0.05) is 0 Å². The molecule has 0 aromatic carbocycles. The van der Waals surface area contributed by atoms with Crippen molar-refractivity contribution < 1.29 is 40.1 Å². The molecule has 16 atom stereocenters. The zero-order chi connectivity index (χ0) is 32.6. The van der Waals surface area contributed by atoms with E-state index in [1.54, 1.807) is 0 Å². The van der Waals surface area contributed by atoms with Gasteiger partial charge in [-0.2, -0.15) is 0 Å². The maximum atomic E-state index is 12.1. The van der Waals surface area contributed by atoms with Gasteiger partial charge in [0.15, 0.2) is 6.29 Å². The summed E-state index contributed by atoms with van der Waals surface area (Å²) >= 11 is 0. The average Bonchev–Trinajstić information content (AvgIpc) is 3.32. The van der Waals surface area contributed by atoms with Crippen LogP contribution in [0.4, 0.5) is 0 Å². The first-order valence-corrected chi connectivity index (χ1v) is 17.8. The SMILES string of the molecule is CC(C)CCC[C@@H](C)[C@H]1CC[C@@]2(C)[C@@H]1[C@H](O)C[C@@H]1[C@@]3(C)CC[C@H](O)C(C)(C)C3[C@@H](O[C@@H]3O[C@H](CO)[C@@H](O)[C@H](O)[C@H]3O)C[C@]12C. The van der Waals surface area contributed by atoms with E-state index in [0.29, 0.717) is 30.6 Å². The maximum absolute atomic E-state index is 12.1. The molecular formula is C36H64O8. The molecule has 0 aromatic heterocycles. The van der Waals surface area contributed by atoms with Crippen LogP contribution < -0.4 is 0 Å². The molecule has 6 N–H and O–H groups in total. The van der Waals surface area contributed by atoms with E-state index in [2.05, 4.69) is 55.4 Å². The predicted molar refractivity (Wildman–Crippen MR) is 168 cm³/mol. The molecule has 1 unspecified atom stereocenters. The normalized spacial score (nSPS) is 52.7. The molecule has 0 radical (unpaired) electrons. The van der Waals surface area contributed by atoms with Crippen LogP contribution in [0.25, 0.3) is 0 Å². The molecule has 0 aromatic rings. The van der Waals surface area contributed by atoms with Crippen LogP contribution in [-0.4, -0.2) is 86.3 Å². The van der Waals surface area contributed by atoms with Gasteiger partial charge in [0.2, 0.25) is 0 Å². The Bertz CT molecular complexity index is 1000. The van der Waals surface area contributed by atoms with Crippen LogP contribution in [0, 0.1) is 57.2 Å². The first kappa shape index (κ1) is 35.0. The second-order valence-corrected chi connectivity index (χ2v) is 17.7. The molecule has 256 valence electrons. The molecule has 1 heterocycles. The van der Waals surface area contributed by atoms with Crippen LogP contribution in [0.5, 0.6) is 0 Å². The highest BCUT2D eigenvalue weighted by atomic mass is 16.7. The van der Waals surface area contributed by atoms with Crippen molar-refractivity contribution >= 4 is 0 Å². The number of rotatable bonds is 8. The van der Waals surface area contributed by atoms with Crippen molar-refractivity contribution in [2.45, 2.75) is 162 Å². The fourth-order valence-electron chi connectivity index (χ4n) is 12.1. The van der Waals surface area contributed by atoms with Crippen LogP contribution in [0.15, 0.2) is 0 Å². The molecule has 4 aliphatic carbocycles. The topological polar surface area (TPSA) is 140 Å². The first-order valence-electron chi connectivity index (χ1n) is 17.8. The second-order valence-electron chi connectivity index (χ2n) is 17.7. The van der Waals surface area contributed by atoms with Crippen molar-refractivity contribution in [3.05, 3.63) is 0 Å². The van der Waals surface area contributed by atoms with Crippen molar-refractivity contribution in [3.8, 4) is 0 Å². The minimum absolute atomic E-state index is 0.0938. The van der Waals surface area contributed by atoms with E-state index in [0.717, 1.165) is 25.7 Å². The maximum Gasteiger partial charge on any atom is 0.186 e. The van der Waals surface area contributed by atoms with Crippen LogP contribution in [0.1, 0.15) is 113 Å². The molecule has 44 heavy (non-hydrogen) atoms. The number of aliphatic hydroxyl groups excluding tert-OH is 6. The van der Waals surface area contributed by atoms with E-state index < -0.39 is 54.9 Å². The Labute approximate surface area is 265 Å². The van der Waals surface area contributed by atoms with Gasteiger partial charge in [-0.3, -0.25) is 0 Å². The number of aliphatic hydroxyl groups is 6. The quantitative estimate of drug-likeness (QED) is 0.220. The molecule has 0 bridgehead atoms. The minimum Gasteiger partial charge on any atom is -0.394 e. The zero-order valence-corrected chi connectivity index (χ0v) is 28.7. The molecule has 5 aliphatic rings. The molecule has 0 amide bonds. The number of fused-ring (bicyclic) bond motifs is 5. The van der Waals surface area contributed by atoms with Gasteiger partial charge in [-0.15, -0.1) is 0 Å². The number of hydrogen-bond acceptors (Lipinski definition) is 8. The van der Waals surface area contributed by atoms with Crippen molar-refractivity contribution in [1.29, 1.82) is 0 Å². The van der Waals surface area contributed by atoms with Crippen molar-refractivity contribution in [1.82, 2.24) is 0 Å². The van der Waals surface area contributed by atoms with Crippen LogP contribution in [0.3, 0.4) is 0 Å². The van der Waals surface area contributed by atoms with Crippen molar-refractivity contribution in [2.75, 3.05) is 6.61 Å². The summed E-state index contributed by atoms with van der Waals surface area (Å²) in [6.45, 7) is 17.9. The summed E-state index contributed by atoms with van der Waals surface area (Å²) in [5.74, 6) is 2.06. The van der Waals surface area contributed by atoms with Gasteiger partial charge in [0.1, 0.15) is 24.4 Å². The lowest BCUT2D eigenvalue weighted by Gasteiger charge is -2.72. The fraction of sp³-hybridized carbons (Fsp3) is 1.00. The number of ether oxygens (including phenoxy) is 2. The van der Waals surface area contributed by atoms with Crippen molar-refractivity contribution in [2.24, 2.45) is 57.2 Å². The van der Waals surface area contributed by atoms with Gasteiger partial charge in [-0.25, -0.2) is 0 Å². The fourth-order valence-corrected chi connectivity index (χ4v) is 12.1. The van der Waals surface area contributed by atoms with Gasteiger partial charge in [0.05, 0.1) is 24.9 Å². The summed E-state index contributed by atoms with van der Waals surface area (Å²) in [4.78, 5) is 0. The standard InChI is InChI=1S/C36H64O8/c1-19(2)10-9-11-20(3)21-12-15-35(7)27(21)22(38)16-25-34(6)14-13-26(39)33(4,5)31(34)23(17-36(25,35)8)43-32-30(42)29(41)28(40)24(18-37)44-32/h19-32,37-42H,9-18H2,1-8H3/t20-,21-,22-,23+,24-,25-,26+,27+,28-,29+,30-,31?,32-,34-,35+,36-/m1/s1. The molecule has 1 aliphatic heterocycles. The van der Waals surface area contributed by atoms with Gasteiger partial charge >= 0.3 is 0 Å². The third-order valence-corrected chi connectivity index (χ3v) is 14.6. The van der Waals surface area contributed by atoms with E-state index in [-0.39, 0.29) is 40.1 Å². The molecule has 8 nitrogen and oxygen atoms in total. The molecular weight excluding hydrogens is 560 g/mol. The van der Waals surface area contributed by atoms with E-state index in [1.165, 1.54) is 19.3 Å². The van der Waals surface area contributed by atoms with Crippen LogP contribution in [0.2, 0.25) is 0 Å². The molecule has 0 spiro atoms.